The van der Waals surface area contributed by atoms with Crippen molar-refractivity contribution < 1.29 is 4.79 Å². The van der Waals surface area contributed by atoms with Crippen molar-refractivity contribution >= 4 is 32.6 Å². The van der Waals surface area contributed by atoms with Gasteiger partial charge in [0.15, 0.2) is 5.13 Å². The Kier molecular flexibility index (Phi) is 4.69. The molecule has 0 aliphatic heterocycles. The van der Waals surface area contributed by atoms with Crippen molar-refractivity contribution in [2.75, 3.05) is 4.90 Å². The summed E-state index contributed by atoms with van der Waals surface area (Å²) >= 11 is 1.53. The quantitative estimate of drug-likeness (QED) is 0.497. The van der Waals surface area contributed by atoms with Gasteiger partial charge in [0.2, 0.25) is 0 Å². The Morgan fingerprint density at radius 1 is 1.04 bits per heavy atom. The van der Waals surface area contributed by atoms with Crippen molar-refractivity contribution in [1.82, 2.24) is 9.97 Å². The fourth-order valence-electron chi connectivity index (χ4n) is 3.00. The molecular weight excluding hydrogens is 354 g/mol. The highest BCUT2D eigenvalue weighted by Crippen LogP contribution is 2.32. The number of aryl methyl sites for hydroxylation is 2. The molecule has 0 radical (unpaired) electrons. The van der Waals surface area contributed by atoms with Crippen molar-refractivity contribution in [2.45, 2.75) is 20.4 Å². The van der Waals surface area contributed by atoms with Gasteiger partial charge in [-0.15, -0.1) is 0 Å². The zero-order chi connectivity index (χ0) is 18.8. The molecule has 4 nitrogen and oxygen atoms in total. The lowest BCUT2D eigenvalue weighted by Crippen LogP contribution is -2.30. The highest BCUT2D eigenvalue weighted by molar-refractivity contribution is 7.22. The molecule has 0 bridgehead atoms. The van der Waals surface area contributed by atoms with E-state index in [1.54, 1.807) is 11.1 Å². The van der Waals surface area contributed by atoms with Gasteiger partial charge in [-0.2, -0.15) is 0 Å². The number of nitrogens with zero attached hydrogens (tertiary/aromatic N) is 3. The zero-order valence-electron chi connectivity index (χ0n) is 15.2. The average Bonchev–Trinajstić information content (AvgIpc) is 3.12. The van der Waals surface area contributed by atoms with E-state index in [2.05, 4.69) is 4.98 Å². The summed E-state index contributed by atoms with van der Waals surface area (Å²) in [5, 5.41) is 0.691. The molecule has 27 heavy (non-hydrogen) atoms. The minimum Gasteiger partial charge on any atom is -0.278 e. The third-order valence-corrected chi connectivity index (χ3v) is 5.44. The number of rotatable bonds is 4. The first-order valence-corrected chi connectivity index (χ1v) is 9.58. The van der Waals surface area contributed by atoms with Gasteiger partial charge in [0.1, 0.15) is 0 Å². The van der Waals surface area contributed by atoms with Crippen LogP contribution in [0.15, 0.2) is 66.9 Å². The summed E-state index contributed by atoms with van der Waals surface area (Å²) < 4.78 is 1.08. The number of fused-ring (bicyclic) bond motifs is 1. The number of aromatic nitrogens is 2. The van der Waals surface area contributed by atoms with E-state index < -0.39 is 0 Å². The van der Waals surface area contributed by atoms with Crippen LogP contribution in [0.5, 0.6) is 0 Å². The van der Waals surface area contributed by atoms with Crippen LogP contribution in [0.1, 0.15) is 27.2 Å². The van der Waals surface area contributed by atoms with Crippen LogP contribution in [0.25, 0.3) is 10.2 Å². The number of amides is 1. The van der Waals surface area contributed by atoms with Crippen molar-refractivity contribution in [3.05, 3.63) is 89.2 Å². The molecule has 0 fully saturated rings. The Labute approximate surface area is 162 Å². The monoisotopic (exact) mass is 373 g/mol. The maximum absolute atomic E-state index is 13.3. The SMILES string of the molecule is Cc1cccc(C(=O)N(Cc2ccccn2)c2nc3c(C)cccc3s2)c1. The summed E-state index contributed by atoms with van der Waals surface area (Å²) in [5.41, 5.74) is 4.59. The fraction of sp³-hybridized carbons (Fsp3) is 0.136. The first kappa shape index (κ1) is 17.4. The number of hydrogen-bond donors (Lipinski definition) is 0. The third-order valence-electron chi connectivity index (χ3n) is 4.40. The Bertz CT molecular complexity index is 1100. The second kappa shape index (κ2) is 7.29. The van der Waals surface area contributed by atoms with Crippen LogP contribution in [-0.2, 0) is 6.54 Å². The summed E-state index contributed by atoms with van der Waals surface area (Å²) in [4.78, 5) is 24.2. The molecule has 0 spiro atoms. The van der Waals surface area contributed by atoms with Crippen LogP contribution < -0.4 is 4.90 Å². The van der Waals surface area contributed by atoms with E-state index in [4.69, 9.17) is 4.98 Å². The van der Waals surface area contributed by atoms with Gasteiger partial charge in [0, 0.05) is 11.8 Å². The standard InChI is InChI=1S/C22H19N3OS/c1-15-7-5-9-17(13-15)21(26)25(14-18-10-3-4-12-23-18)22-24-20-16(2)8-6-11-19(20)27-22/h3-13H,14H2,1-2H3. The maximum Gasteiger partial charge on any atom is 0.260 e. The van der Waals surface area contributed by atoms with Crippen molar-refractivity contribution in [1.29, 1.82) is 0 Å². The van der Waals surface area contributed by atoms with Crippen molar-refractivity contribution in [3.8, 4) is 0 Å². The van der Waals surface area contributed by atoms with E-state index in [-0.39, 0.29) is 5.91 Å². The van der Waals surface area contributed by atoms with Crippen LogP contribution >= 0.6 is 11.3 Å². The largest absolute Gasteiger partial charge is 0.278 e. The number of thiazole rings is 1. The molecule has 1 amide bonds. The predicted molar refractivity (Wildman–Crippen MR) is 110 cm³/mol. The Morgan fingerprint density at radius 3 is 2.63 bits per heavy atom. The smallest absolute Gasteiger partial charge is 0.260 e. The van der Waals surface area contributed by atoms with Gasteiger partial charge in [-0.3, -0.25) is 14.7 Å². The zero-order valence-corrected chi connectivity index (χ0v) is 16.0. The summed E-state index contributed by atoms with van der Waals surface area (Å²) in [5.74, 6) is -0.0685. The minimum atomic E-state index is -0.0685. The molecule has 2 heterocycles. The number of para-hydroxylation sites is 1. The van der Waals surface area contributed by atoms with Gasteiger partial charge in [-0.25, -0.2) is 4.98 Å². The summed E-state index contributed by atoms with van der Waals surface area (Å²) in [6.45, 7) is 4.41. The number of anilines is 1. The molecule has 5 heteroatoms. The van der Waals surface area contributed by atoms with Crippen molar-refractivity contribution in [2.24, 2.45) is 0 Å². The number of benzene rings is 2. The summed E-state index contributed by atoms with van der Waals surface area (Å²) in [6, 6.07) is 19.5. The molecule has 4 rings (SSSR count). The number of carbonyl (C=O) groups is 1. The highest BCUT2D eigenvalue weighted by atomic mass is 32.1. The molecule has 2 aromatic carbocycles. The van der Waals surface area contributed by atoms with E-state index in [0.29, 0.717) is 17.2 Å². The van der Waals surface area contributed by atoms with Crippen LogP contribution in [0, 0.1) is 13.8 Å². The highest BCUT2D eigenvalue weighted by Gasteiger charge is 2.22. The molecule has 134 valence electrons. The molecule has 0 aliphatic carbocycles. The van der Waals surface area contributed by atoms with E-state index >= 15 is 0 Å². The normalized spacial score (nSPS) is 10.9. The van der Waals surface area contributed by atoms with Gasteiger partial charge in [0.05, 0.1) is 22.5 Å². The number of hydrogen-bond acceptors (Lipinski definition) is 4. The van der Waals surface area contributed by atoms with E-state index in [1.165, 1.54) is 11.3 Å². The van der Waals surface area contributed by atoms with E-state index in [9.17, 15) is 4.79 Å². The van der Waals surface area contributed by atoms with Crippen molar-refractivity contribution in [3.63, 3.8) is 0 Å². The molecule has 0 unspecified atom stereocenters. The number of carbonyl (C=O) groups excluding carboxylic acids is 1. The molecule has 4 aromatic rings. The molecule has 0 atom stereocenters. The van der Waals surface area contributed by atoms with Crippen LogP contribution in [0.3, 0.4) is 0 Å². The summed E-state index contributed by atoms with van der Waals surface area (Å²) in [7, 11) is 0. The van der Waals surface area contributed by atoms with Gasteiger partial charge >= 0.3 is 0 Å². The van der Waals surface area contributed by atoms with E-state index in [1.807, 2.05) is 74.5 Å². The fourth-order valence-corrected chi connectivity index (χ4v) is 4.05. The maximum atomic E-state index is 13.3. The topological polar surface area (TPSA) is 46.1 Å². The number of pyridine rings is 1. The Morgan fingerprint density at radius 2 is 1.89 bits per heavy atom. The first-order valence-electron chi connectivity index (χ1n) is 8.76. The van der Waals surface area contributed by atoms with E-state index in [0.717, 1.165) is 27.0 Å². The van der Waals surface area contributed by atoms with Gasteiger partial charge in [-0.05, 0) is 49.7 Å². The lowest BCUT2D eigenvalue weighted by atomic mass is 10.1. The van der Waals surface area contributed by atoms with Crippen LogP contribution in [0.2, 0.25) is 0 Å². The molecule has 0 saturated carbocycles. The van der Waals surface area contributed by atoms with Gasteiger partial charge < -0.3 is 0 Å². The van der Waals surface area contributed by atoms with Gasteiger partial charge in [-0.1, -0.05) is 47.2 Å². The van der Waals surface area contributed by atoms with Crippen LogP contribution in [-0.4, -0.2) is 15.9 Å². The molecular formula is C22H19N3OS. The third kappa shape index (κ3) is 3.59. The second-order valence-electron chi connectivity index (χ2n) is 6.50. The molecule has 0 saturated heterocycles. The first-order chi connectivity index (χ1) is 13.1. The lowest BCUT2D eigenvalue weighted by molar-refractivity contribution is 0.0984. The second-order valence-corrected chi connectivity index (χ2v) is 7.51. The molecule has 0 N–H and O–H groups in total. The molecule has 0 aliphatic rings. The van der Waals surface area contributed by atoms with Gasteiger partial charge in [0.25, 0.3) is 5.91 Å². The molecule has 2 aromatic heterocycles. The minimum absolute atomic E-state index is 0.0685. The lowest BCUT2D eigenvalue weighted by Gasteiger charge is -2.19. The Balaban J connectivity index is 1.79. The average molecular weight is 373 g/mol. The predicted octanol–water partition coefficient (Wildman–Crippen LogP) is 5.16. The summed E-state index contributed by atoms with van der Waals surface area (Å²) in [6.07, 6.45) is 1.74. The van der Waals surface area contributed by atoms with Crippen LogP contribution in [0.4, 0.5) is 5.13 Å². The Hall–Kier alpha value is -3.05.